The Morgan fingerprint density at radius 1 is 1.03 bits per heavy atom. The molecule has 168 valence electrons. The van der Waals surface area contributed by atoms with Gasteiger partial charge in [0.15, 0.2) is 5.65 Å². The van der Waals surface area contributed by atoms with Crippen LogP contribution in [0.25, 0.3) is 11.0 Å². The molecule has 0 bridgehead atoms. The molecule has 1 amide bonds. The Hall–Kier alpha value is -3.19. The number of carbonyl (C=O) groups excluding carboxylic acids is 1. The summed E-state index contributed by atoms with van der Waals surface area (Å²) in [5.41, 5.74) is 4.13. The molecule has 2 aromatic heterocycles. The highest BCUT2D eigenvalue weighted by atomic mass is 35.5. The number of amides is 1. The fraction of sp³-hybridized carbons (Fsp3) is 0.333. The van der Waals surface area contributed by atoms with Crippen LogP contribution in [0.15, 0.2) is 42.6 Å². The molecule has 3 aromatic rings. The molecule has 0 aliphatic carbocycles. The van der Waals surface area contributed by atoms with E-state index in [2.05, 4.69) is 15.3 Å². The van der Waals surface area contributed by atoms with Gasteiger partial charge in [-0.05, 0) is 49.6 Å². The number of benzene rings is 1. The van der Waals surface area contributed by atoms with E-state index in [1.807, 2.05) is 36.1 Å². The van der Waals surface area contributed by atoms with E-state index in [-0.39, 0.29) is 24.7 Å². The van der Waals surface area contributed by atoms with Crippen molar-refractivity contribution in [3.8, 4) is 0 Å². The van der Waals surface area contributed by atoms with E-state index in [0.717, 1.165) is 61.1 Å². The van der Waals surface area contributed by atoms with Crippen LogP contribution in [0, 0.1) is 6.92 Å². The molecule has 0 unspecified atom stereocenters. The molecule has 0 spiro atoms. The quantitative estimate of drug-likeness (QED) is 0.577. The lowest BCUT2D eigenvalue weighted by molar-refractivity contribution is -0.136. The van der Waals surface area contributed by atoms with Gasteiger partial charge < -0.3 is 15.3 Å². The standard InChI is InChI=1S/C24H26N4O3.ClH/c1-16-6-11-19-22(27-18-9-7-17(8-10-18)14-21(29)30)20(15-25-23(19)26-16)24(31)28-12-4-2-3-5-13-28;/h6-11,15H,2-5,12-14H2,1H3,(H,29,30)(H,25,26,27);1H. The molecule has 8 heteroatoms. The molecular formula is C24H27ClN4O3. The van der Waals surface area contributed by atoms with Gasteiger partial charge in [0.2, 0.25) is 0 Å². The molecule has 2 N–H and O–H groups in total. The van der Waals surface area contributed by atoms with Crippen LogP contribution in [-0.2, 0) is 11.2 Å². The molecule has 4 rings (SSSR count). The highest BCUT2D eigenvalue weighted by Crippen LogP contribution is 2.30. The van der Waals surface area contributed by atoms with Crippen LogP contribution in [0.4, 0.5) is 11.4 Å². The maximum Gasteiger partial charge on any atom is 0.307 e. The number of aryl methyl sites for hydroxylation is 1. The van der Waals surface area contributed by atoms with Crippen LogP contribution in [0.2, 0.25) is 0 Å². The lowest BCUT2D eigenvalue weighted by Crippen LogP contribution is -2.32. The molecule has 1 fully saturated rings. The second kappa shape index (κ2) is 10.4. The summed E-state index contributed by atoms with van der Waals surface area (Å²) in [5, 5.41) is 13.1. The Morgan fingerprint density at radius 3 is 2.38 bits per heavy atom. The van der Waals surface area contributed by atoms with Crippen molar-refractivity contribution >= 4 is 46.7 Å². The SMILES string of the molecule is Cc1ccc2c(Nc3ccc(CC(=O)O)cc3)c(C(=O)N3CCCCCC3)cnc2n1.Cl. The average molecular weight is 455 g/mol. The molecule has 7 nitrogen and oxygen atoms in total. The van der Waals surface area contributed by atoms with Gasteiger partial charge >= 0.3 is 5.97 Å². The molecule has 32 heavy (non-hydrogen) atoms. The van der Waals surface area contributed by atoms with E-state index in [4.69, 9.17) is 5.11 Å². The summed E-state index contributed by atoms with van der Waals surface area (Å²) >= 11 is 0. The normalized spacial score (nSPS) is 13.8. The van der Waals surface area contributed by atoms with E-state index in [9.17, 15) is 9.59 Å². The largest absolute Gasteiger partial charge is 0.481 e. The number of aromatic nitrogens is 2. The van der Waals surface area contributed by atoms with Crippen molar-refractivity contribution in [2.75, 3.05) is 18.4 Å². The molecule has 0 atom stereocenters. The van der Waals surface area contributed by atoms with Gasteiger partial charge in [-0.1, -0.05) is 25.0 Å². The Bertz CT molecular complexity index is 1110. The van der Waals surface area contributed by atoms with E-state index < -0.39 is 5.97 Å². The van der Waals surface area contributed by atoms with Gasteiger partial charge in [0.05, 0.1) is 17.7 Å². The number of anilines is 2. The van der Waals surface area contributed by atoms with Crippen LogP contribution >= 0.6 is 12.4 Å². The monoisotopic (exact) mass is 454 g/mol. The van der Waals surface area contributed by atoms with Crippen LogP contribution in [0.5, 0.6) is 0 Å². The van der Waals surface area contributed by atoms with E-state index in [1.165, 1.54) is 0 Å². The number of pyridine rings is 2. The van der Waals surface area contributed by atoms with Crippen molar-refractivity contribution in [2.24, 2.45) is 0 Å². The zero-order valence-corrected chi connectivity index (χ0v) is 18.8. The second-order valence-electron chi connectivity index (χ2n) is 7.97. The summed E-state index contributed by atoms with van der Waals surface area (Å²) in [5.74, 6) is -0.894. The van der Waals surface area contributed by atoms with Gasteiger partial charge in [-0.2, -0.15) is 0 Å². The number of nitrogens with zero attached hydrogens (tertiary/aromatic N) is 3. The van der Waals surface area contributed by atoms with Crippen molar-refractivity contribution < 1.29 is 14.7 Å². The highest BCUT2D eigenvalue weighted by molar-refractivity contribution is 6.07. The first-order chi connectivity index (χ1) is 15.0. The zero-order chi connectivity index (χ0) is 21.8. The van der Waals surface area contributed by atoms with Gasteiger partial charge in [-0.25, -0.2) is 9.97 Å². The fourth-order valence-electron chi connectivity index (χ4n) is 3.94. The maximum absolute atomic E-state index is 13.4. The van der Waals surface area contributed by atoms with Crippen molar-refractivity contribution in [1.29, 1.82) is 0 Å². The summed E-state index contributed by atoms with van der Waals surface area (Å²) in [7, 11) is 0. The lowest BCUT2D eigenvalue weighted by Gasteiger charge is -2.22. The number of carboxylic acid groups (broad SMARTS) is 1. The predicted octanol–water partition coefficient (Wildman–Crippen LogP) is 4.75. The Balaban J connectivity index is 0.00000289. The molecular weight excluding hydrogens is 428 g/mol. The molecule has 1 saturated heterocycles. The molecule has 1 aliphatic heterocycles. The van der Waals surface area contributed by atoms with Crippen molar-refractivity contribution in [1.82, 2.24) is 14.9 Å². The van der Waals surface area contributed by atoms with E-state index >= 15 is 0 Å². The Labute approximate surface area is 193 Å². The molecule has 1 aliphatic rings. The summed E-state index contributed by atoms with van der Waals surface area (Å²) < 4.78 is 0. The third-order valence-corrected chi connectivity index (χ3v) is 5.57. The maximum atomic E-state index is 13.4. The smallest absolute Gasteiger partial charge is 0.307 e. The predicted molar refractivity (Wildman–Crippen MR) is 127 cm³/mol. The van der Waals surface area contributed by atoms with Crippen LogP contribution in [-0.4, -0.2) is 44.9 Å². The first-order valence-corrected chi connectivity index (χ1v) is 10.6. The van der Waals surface area contributed by atoms with Crippen molar-refractivity contribution in [3.63, 3.8) is 0 Å². The number of aliphatic carboxylic acids is 1. The minimum absolute atomic E-state index is 0. The summed E-state index contributed by atoms with van der Waals surface area (Å²) in [6.07, 6.45) is 5.92. The third kappa shape index (κ3) is 5.34. The number of hydrogen-bond donors (Lipinski definition) is 2. The van der Waals surface area contributed by atoms with Crippen LogP contribution in [0.3, 0.4) is 0 Å². The number of rotatable bonds is 5. The van der Waals surface area contributed by atoms with E-state index in [0.29, 0.717) is 16.9 Å². The number of carbonyl (C=O) groups is 2. The van der Waals surface area contributed by atoms with Crippen molar-refractivity contribution in [3.05, 3.63) is 59.4 Å². The third-order valence-electron chi connectivity index (χ3n) is 5.57. The van der Waals surface area contributed by atoms with Gasteiger partial charge in [0.25, 0.3) is 5.91 Å². The number of carboxylic acids is 1. The number of fused-ring (bicyclic) bond motifs is 1. The fourth-order valence-corrected chi connectivity index (χ4v) is 3.94. The lowest BCUT2D eigenvalue weighted by atomic mass is 10.1. The Kier molecular flexibility index (Phi) is 7.64. The van der Waals surface area contributed by atoms with Gasteiger partial charge in [-0.3, -0.25) is 9.59 Å². The number of likely N-dealkylation sites (tertiary alicyclic amines) is 1. The number of nitrogens with one attached hydrogen (secondary N) is 1. The zero-order valence-electron chi connectivity index (χ0n) is 18.0. The van der Waals surface area contributed by atoms with Crippen LogP contribution in [0.1, 0.15) is 47.3 Å². The minimum Gasteiger partial charge on any atom is -0.481 e. The van der Waals surface area contributed by atoms with Crippen LogP contribution < -0.4 is 5.32 Å². The second-order valence-corrected chi connectivity index (χ2v) is 7.97. The van der Waals surface area contributed by atoms with E-state index in [1.54, 1.807) is 18.3 Å². The summed E-state index contributed by atoms with van der Waals surface area (Å²) in [6.45, 7) is 3.42. The highest BCUT2D eigenvalue weighted by Gasteiger charge is 2.22. The molecule has 1 aromatic carbocycles. The molecule has 0 saturated carbocycles. The van der Waals surface area contributed by atoms with Gasteiger partial charge in [-0.15, -0.1) is 12.4 Å². The first-order valence-electron chi connectivity index (χ1n) is 10.6. The Morgan fingerprint density at radius 2 is 1.72 bits per heavy atom. The molecule has 0 radical (unpaired) electrons. The molecule has 3 heterocycles. The minimum atomic E-state index is -0.868. The first kappa shape index (κ1) is 23.5. The summed E-state index contributed by atoms with van der Waals surface area (Å²) in [6, 6.07) is 11.0. The van der Waals surface area contributed by atoms with Gasteiger partial charge in [0, 0.05) is 36.1 Å². The number of halogens is 1. The van der Waals surface area contributed by atoms with Gasteiger partial charge in [0.1, 0.15) is 0 Å². The average Bonchev–Trinajstić information content (AvgIpc) is 3.04. The summed E-state index contributed by atoms with van der Waals surface area (Å²) in [4.78, 5) is 35.2. The van der Waals surface area contributed by atoms with Crippen molar-refractivity contribution in [2.45, 2.75) is 39.0 Å². The topological polar surface area (TPSA) is 95.4 Å². The number of hydrogen-bond acceptors (Lipinski definition) is 5.